The van der Waals surface area contributed by atoms with Gasteiger partial charge < -0.3 is 14.4 Å². The average molecular weight is 410 g/mol. The molecule has 0 bridgehead atoms. The lowest BCUT2D eigenvalue weighted by Crippen LogP contribution is -2.33. The van der Waals surface area contributed by atoms with Crippen molar-refractivity contribution in [2.75, 3.05) is 13.3 Å². The van der Waals surface area contributed by atoms with Crippen molar-refractivity contribution < 1.29 is 14.3 Å². The molecular formula is C26H22N2O3. The minimum Gasteiger partial charge on any atom is -0.454 e. The fourth-order valence-electron chi connectivity index (χ4n) is 3.83. The lowest BCUT2D eigenvalue weighted by molar-refractivity contribution is 0.0738. The summed E-state index contributed by atoms with van der Waals surface area (Å²) < 4.78 is 11.2. The smallest absolute Gasteiger partial charge is 0.272 e. The molecule has 3 aromatic carbocycles. The van der Waals surface area contributed by atoms with Gasteiger partial charge in [0.25, 0.3) is 5.91 Å². The summed E-state index contributed by atoms with van der Waals surface area (Å²) in [4.78, 5) is 20.0. The lowest BCUT2D eigenvalue weighted by atomic mass is 10.1. The number of ether oxygens (including phenoxy) is 2. The van der Waals surface area contributed by atoms with E-state index in [1.165, 1.54) is 5.56 Å². The fourth-order valence-corrected chi connectivity index (χ4v) is 3.83. The molecule has 0 unspecified atom stereocenters. The van der Waals surface area contributed by atoms with Crippen molar-refractivity contribution in [3.8, 4) is 11.5 Å². The Morgan fingerprint density at radius 2 is 1.71 bits per heavy atom. The number of hydrogen-bond acceptors (Lipinski definition) is 4. The number of aromatic nitrogens is 1. The molecule has 1 aliphatic rings. The Morgan fingerprint density at radius 3 is 2.61 bits per heavy atom. The van der Waals surface area contributed by atoms with Gasteiger partial charge in [0.05, 0.1) is 5.52 Å². The molecule has 1 amide bonds. The summed E-state index contributed by atoms with van der Waals surface area (Å²) in [5, 5.41) is 1.02. The number of nitrogens with zero attached hydrogens (tertiary/aromatic N) is 2. The highest BCUT2D eigenvalue weighted by atomic mass is 16.7. The summed E-state index contributed by atoms with van der Waals surface area (Å²) in [5.74, 6) is 1.33. The van der Waals surface area contributed by atoms with Crippen LogP contribution in [0.1, 0.15) is 21.6 Å². The first-order chi connectivity index (χ1) is 15.3. The maximum Gasteiger partial charge on any atom is 0.272 e. The van der Waals surface area contributed by atoms with Crippen molar-refractivity contribution in [1.29, 1.82) is 0 Å². The molecule has 31 heavy (non-hydrogen) atoms. The third-order valence-electron chi connectivity index (χ3n) is 5.46. The van der Waals surface area contributed by atoms with Crippen molar-refractivity contribution in [3.63, 3.8) is 0 Å². The maximum atomic E-state index is 13.5. The highest BCUT2D eigenvalue weighted by molar-refractivity contribution is 5.95. The number of benzene rings is 3. The largest absolute Gasteiger partial charge is 0.454 e. The van der Waals surface area contributed by atoms with E-state index in [0.717, 1.165) is 28.6 Å². The molecular weight excluding hydrogens is 388 g/mol. The van der Waals surface area contributed by atoms with Gasteiger partial charge in [-0.25, -0.2) is 4.98 Å². The summed E-state index contributed by atoms with van der Waals surface area (Å²) in [7, 11) is 0. The summed E-state index contributed by atoms with van der Waals surface area (Å²) in [6.07, 6.45) is 0.756. The molecule has 0 saturated heterocycles. The van der Waals surface area contributed by atoms with Gasteiger partial charge >= 0.3 is 0 Å². The Labute approximate surface area is 180 Å². The third-order valence-corrected chi connectivity index (χ3v) is 5.46. The second-order valence-corrected chi connectivity index (χ2v) is 7.50. The first kappa shape index (κ1) is 19.1. The summed E-state index contributed by atoms with van der Waals surface area (Å²) in [6.45, 7) is 1.20. The molecule has 0 atom stereocenters. The second-order valence-electron chi connectivity index (χ2n) is 7.50. The van der Waals surface area contributed by atoms with Crippen LogP contribution in [0.15, 0.2) is 84.9 Å². The number of rotatable bonds is 6. The number of amides is 1. The van der Waals surface area contributed by atoms with Crippen LogP contribution in [-0.4, -0.2) is 29.1 Å². The molecule has 0 fully saturated rings. The minimum absolute atomic E-state index is 0.0989. The molecule has 0 aliphatic carbocycles. The Bertz CT molecular complexity index is 1220. The highest BCUT2D eigenvalue weighted by Crippen LogP contribution is 2.36. The summed E-state index contributed by atoms with van der Waals surface area (Å²) >= 11 is 0. The van der Waals surface area contributed by atoms with Crippen LogP contribution in [-0.2, 0) is 13.0 Å². The van der Waals surface area contributed by atoms with Crippen molar-refractivity contribution in [2.45, 2.75) is 13.0 Å². The van der Waals surface area contributed by atoms with Crippen LogP contribution in [0.3, 0.4) is 0 Å². The van der Waals surface area contributed by atoms with Crippen LogP contribution in [0.25, 0.3) is 10.9 Å². The molecule has 0 N–H and O–H groups in total. The molecule has 2 heterocycles. The van der Waals surface area contributed by atoms with Crippen LogP contribution in [0.2, 0.25) is 0 Å². The predicted molar refractivity (Wildman–Crippen MR) is 119 cm³/mol. The molecule has 5 heteroatoms. The van der Waals surface area contributed by atoms with Gasteiger partial charge in [0.1, 0.15) is 5.69 Å². The fraction of sp³-hybridized carbons (Fsp3) is 0.154. The van der Waals surface area contributed by atoms with E-state index in [-0.39, 0.29) is 12.7 Å². The summed E-state index contributed by atoms with van der Waals surface area (Å²) in [6, 6.07) is 27.5. The molecule has 5 nitrogen and oxygen atoms in total. The standard InChI is InChI=1S/C26H22N2O3/c29-26(23-14-13-20-9-4-5-11-22(20)27-23)28(16-15-19-7-2-1-3-8-19)17-21-10-6-12-24-25(21)31-18-30-24/h1-14H,15-18H2. The number of carbonyl (C=O) groups excluding carboxylic acids is 1. The van der Waals surface area contributed by atoms with E-state index in [9.17, 15) is 4.79 Å². The topological polar surface area (TPSA) is 51.7 Å². The van der Waals surface area contributed by atoms with Gasteiger partial charge in [0.15, 0.2) is 11.5 Å². The van der Waals surface area contributed by atoms with E-state index in [1.54, 1.807) is 6.07 Å². The Balaban J connectivity index is 1.45. The number of hydrogen-bond donors (Lipinski definition) is 0. The van der Waals surface area contributed by atoms with E-state index >= 15 is 0 Å². The normalized spacial score (nSPS) is 12.1. The van der Waals surface area contributed by atoms with Gasteiger partial charge in [0, 0.05) is 24.0 Å². The molecule has 4 aromatic rings. The molecule has 0 saturated carbocycles. The van der Waals surface area contributed by atoms with E-state index in [4.69, 9.17) is 9.47 Å². The monoisotopic (exact) mass is 410 g/mol. The number of pyridine rings is 1. The molecule has 1 aliphatic heterocycles. The van der Waals surface area contributed by atoms with Crippen LogP contribution in [0.5, 0.6) is 11.5 Å². The van der Waals surface area contributed by atoms with Crippen LogP contribution < -0.4 is 9.47 Å². The zero-order valence-corrected chi connectivity index (χ0v) is 17.0. The lowest BCUT2D eigenvalue weighted by Gasteiger charge is -2.23. The van der Waals surface area contributed by atoms with Crippen molar-refractivity contribution in [3.05, 3.63) is 102 Å². The van der Waals surface area contributed by atoms with E-state index in [1.807, 2.05) is 71.6 Å². The predicted octanol–water partition coefficient (Wildman–Crippen LogP) is 4.85. The quantitative estimate of drug-likeness (QED) is 0.456. The third kappa shape index (κ3) is 4.08. The Morgan fingerprint density at radius 1 is 0.871 bits per heavy atom. The number of para-hydroxylation sites is 2. The van der Waals surface area contributed by atoms with Gasteiger partial charge in [-0.2, -0.15) is 0 Å². The Hall–Kier alpha value is -3.86. The first-order valence-electron chi connectivity index (χ1n) is 10.3. The second kappa shape index (κ2) is 8.48. The highest BCUT2D eigenvalue weighted by Gasteiger charge is 2.23. The van der Waals surface area contributed by atoms with E-state index in [2.05, 4.69) is 17.1 Å². The van der Waals surface area contributed by atoms with Gasteiger partial charge in [-0.1, -0.05) is 66.7 Å². The van der Waals surface area contributed by atoms with E-state index < -0.39 is 0 Å². The zero-order valence-electron chi connectivity index (χ0n) is 17.0. The van der Waals surface area contributed by atoms with Crippen LogP contribution >= 0.6 is 0 Å². The zero-order chi connectivity index (χ0) is 21.0. The van der Waals surface area contributed by atoms with E-state index in [0.29, 0.717) is 24.5 Å². The summed E-state index contributed by atoms with van der Waals surface area (Å²) in [5.41, 5.74) is 3.37. The number of fused-ring (bicyclic) bond motifs is 2. The molecule has 154 valence electrons. The minimum atomic E-state index is -0.0989. The maximum absolute atomic E-state index is 13.5. The molecule has 0 radical (unpaired) electrons. The van der Waals surface area contributed by atoms with Crippen LogP contribution in [0.4, 0.5) is 0 Å². The van der Waals surface area contributed by atoms with Crippen LogP contribution in [0, 0.1) is 0 Å². The van der Waals surface area contributed by atoms with Crippen molar-refractivity contribution in [1.82, 2.24) is 9.88 Å². The van der Waals surface area contributed by atoms with Crippen molar-refractivity contribution in [2.24, 2.45) is 0 Å². The van der Waals surface area contributed by atoms with Gasteiger partial charge in [-0.15, -0.1) is 0 Å². The SMILES string of the molecule is O=C(c1ccc2ccccc2n1)N(CCc1ccccc1)Cc1cccc2c1OCO2. The molecule has 1 aromatic heterocycles. The van der Waals surface area contributed by atoms with Gasteiger partial charge in [0.2, 0.25) is 6.79 Å². The van der Waals surface area contributed by atoms with Gasteiger partial charge in [-0.05, 0) is 30.2 Å². The molecule has 5 rings (SSSR count). The van der Waals surface area contributed by atoms with Gasteiger partial charge in [-0.3, -0.25) is 4.79 Å². The van der Waals surface area contributed by atoms with Crippen molar-refractivity contribution >= 4 is 16.8 Å². The number of carbonyl (C=O) groups is 1. The first-order valence-corrected chi connectivity index (χ1v) is 10.3. The average Bonchev–Trinajstić information content (AvgIpc) is 3.31. The molecule has 0 spiro atoms. The Kier molecular flexibility index (Phi) is 5.23.